The summed E-state index contributed by atoms with van der Waals surface area (Å²) in [7, 11) is 0. The summed E-state index contributed by atoms with van der Waals surface area (Å²) in [5, 5.41) is 19.5. The van der Waals surface area contributed by atoms with E-state index in [4.69, 9.17) is 16.3 Å². The fourth-order valence-electron chi connectivity index (χ4n) is 3.74. The molecule has 2 aromatic rings. The van der Waals surface area contributed by atoms with Crippen LogP contribution in [-0.2, 0) is 9.53 Å². The second kappa shape index (κ2) is 9.70. The molecule has 2 saturated heterocycles. The number of hydrogen-bond donors (Lipinski definition) is 4. The number of nitrogens with zero attached hydrogens (tertiary/aromatic N) is 2. The highest BCUT2D eigenvalue weighted by Gasteiger charge is 2.31. The van der Waals surface area contributed by atoms with Gasteiger partial charge in [0.15, 0.2) is 0 Å². The van der Waals surface area contributed by atoms with E-state index in [0.29, 0.717) is 41.1 Å². The quantitative estimate of drug-likeness (QED) is 0.555. The van der Waals surface area contributed by atoms with Crippen LogP contribution in [0.3, 0.4) is 0 Å². The zero-order valence-corrected chi connectivity index (χ0v) is 17.4. The van der Waals surface area contributed by atoms with Gasteiger partial charge in [-0.05, 0) is 37.0 Å². The number of β-amino-alcohol motifs (C(OH)–C–C–N with tert-alkyl or cyclic N) is 1. The van der Waals surface area contributed by atoms with Crippen LogP contribution in [0.15, 0.2) is 30.5 Å². The number of amides is 1. The Morgan fingerprint density at radius 3 is 2.87 bits per heavy atom. The van der Waals surface area contributed by atoms with Gasteiger partial charge in [0.1, 0.15) is 11.6 Å². The number of aliphatic hydroxyl groups excluding tert-OH is 1. The Balaban J connectivity index is 1.46. The van der Waals surface area contributed by atoms with E-state index in [0.717, 1.165) is 38.4 Å². The van der Waals surface area contributed by atoms with Crippen molar-refractivity contribution in [2.75, 3.05) is 43.5 Å². The third-order valence-electron chi connectivity index (χ3n) is 5.56. The maximum Gasteiger partial charge on any atom is 0.232 e. The molecule has 4 rings (SSSR count). The molecular formula is C21H26ClN5O3. The van der Waals surface area contributed by atoms with E-state index in [1.807, 2.05) is 18.2 Å². The van der Waals surface area contributed by atoms with Crippen molar-refractivity contribution in [1.82, 2.24) is 15.3 Å². The Kier molecular flexibility index (Phi) is 6.79. The Hall–Kier alpha value is -2.26. The fourth-order valence-corrected chi connectivity index (χ4v) is 3.94. The van der Waals surface area contributed by atoms with Crippen LogP contribution in [0.25, 0.3) is 11.3 Å². The number of carbonyl (C=O) groups excluding carboxylic acids is 1. The number of hydrogen-bond acceptors (Lipinski definition) is 7. The predicted molar refractivity (Wildman–Crippen MR) is 116 cm³/mol. The van der Waals surface area contributed by atoms with Crippen LogP contribution >= 0.6 is 11.6 Å². The number of pyridine rings is 2. The number of nitrogens with one attached hydrogen (secondary N) is 3. The Bertz CT molecular complexity index is 891. The van der Waals surface area contributed by atoms with Crippen molar-refractivity contribution in [3.8, 4) is 11.3 Å². The second-order valence-electron chi connectivity index (χ2n) is 7.72. The van der Waals surface area contributed by atoms with E-state index in [9.17, 15) is 9.90 Å². The highest BCUT2D eigenvalue weighted by atomic mass is 35.5. The molecular weight excluding hydrogens is 406 g/mol. The van der Waals surface area contributed by atoms with Gasteiger partial charge in [0.2, 0.25) is 5.91 Å². The van der Waals surface area contributed by atoms with Crippen LogP contribution in [0.2, 0.25) is 5.02 Å². The highest BCUT2D eigenvalue weighted by Crippen LogP contribution is 2.29. The van der Waals surface area contributed by atoms with Gasteiger partial charge in [0, 0.05) is 44.6 Å². The SMILES string of the molecule is O=C(Nc1cc(-c2cccc(NCC3CCOCC3)n2)c(Cl)cn1)[C@H]1CNC[C@H]1O. The molecule has 160 valence electrons. The molecule has 0 unspecified atom stereocenters. The zero-order valence-electron chi connectivity index (χ0n) is 16.6. The minimum absolute atomic E-state index is 0.270. The Labute approximate surface area is 180 Å². The van der Waals surface area contributed by atoms with Gasteiger partial charge in [-0.2, -0.15) is 0 Å². The van der Waals surface area contributed by atoms with Gasteiger partial charge in [-0.3, -0.25) is 4.79 Å². The first kappa shape index (κ1) is 21.0. The van der Waals surface area contributed by atoms with Gasteiger partial charge >= 0.3 is 0 Å². The monoisotopic (exact) mass is 431 g/mol. The van der Waals surface area contributed by atoms with Gasteiger partial charge in [0.05, 0.1) is 22.7 Å². The summed E-state index contributed by atoms with van der Waals surface area (Å²) in [4.78, 5) is 21.3. The number of aliphatic hydroxyl groups is 1. The van der Waals surface area contributed by atoms with Crippen LogP contribution in [-0.4, -0.2) is 59.9 Å². The van der Waals surface area contributed by atoms with Crippen molar-refractivity contribution in [1.29, 1.82) is 0 Å². The molecule has 1 amide bonds. The Morgan fingerprint density at radius 1 is 1.27 bits per heavy atom. The lowest BCUT2D eigenvalue weighted by Crippen LogP contribution is -2.31. The number of rotatable bonds is 6. The summed E-state index contributed by atoms with van der Waals surface area (Å²) >= 11 is 6.37. The maximum atomic E-state index is 12.4. The first-order valence-corrected chi connectivity index (χ1v) is 10.6. The summed E-state index contributed by atoms with van der Waals surface area (Å²) in [5.74, 6) is 0.962. The van der Waals surface area contributed by atoms with E-state index >= 15 is 0 Å². The topological polar surface area (TPSA) is 108 Å². The minimum atomic E-state index is -0.697. The Morgan fingerprint density at radius 2 is 2.10 bits per heavy atom. The molecule has 2 aromatic heterocycles. The van der Waals surface area contributed by atoms with Crippen molar-refractivity contribution >= 4 is 29.1 Å². The lowest BCUT2D eigenvalue weighted by molar-refractivity contribution is -0.121. The molecule has 4 N–H and O–H groups in total. The molecule has 2 aliphatic heterocycles. The predicted octanol–water partition coefficient (Wildman–Crippen LogP) is 2.15. The number of aromatic nitrogens is 2. The van der Waals surface area contributed by atoms with Crippen molar-refractivity contribution in [3.05, 3.63) is 35.5 Å². The van der Waals surface area contributed by atoms with Gasteiger partial charge < -0.3 is 25.8 Å². The molecule has 2 aliphatic rings. The van der Waals surface area contributed by atoms with Gasteiger partial charge in [-0.15, -0.1) is 0 Å². The number of anilines is 2. The van der Waals surface area contributed by atoms with E-state index < -0.39 is 12.0 Å². The molecule has 2 fully saturated rings. The van der Waals surface area contributed by atoms with Crippen LogP contribution < -0.4 is 16.0 Å². The number of halogens is 1. The number of carbonyl (C=O) groups is 1. The summed E-state index contributed by atoms with van der Waals surface area (Å²) in [5.41, 5.74) is 1.37. The summed E-state index contributed by atoms with van der Waals surface area (Å²) in [6.45, 7) is 3.33. The molecule has 9 heteroatoms. The molecule has 0 radical (unpaired) electrons. The molecule has 2 atom stereocenters. The fraction of sp³-hybridized carbons (Fsp3) is 0.476. The van der Waals surface area contributed by atoms with Gasteiger partial charge in [0.25, 0.3) is 0 Å². The molecule has 0 aromatic carbocycles. The van der Waals surface area contributed by atoms with E-state index in [1.165, 1.54) is 6.20 Å². The zero-order chi connectivity index (χ0) is 20.9. The summed E-state index contributed by atoms with van der Waals surface area (Å²) in [6.07, 6.45) is 2.91. The first-order valence-electron chi connectivity index (χ1n) is 10.2. The van der Waals surface area contributed by atoms with Crippen LogP contribution in [0.5, 0.6) is 0 Å². The third kappa shape index (κ3) is 5.07. The molecule has 4 heterocycles. The van der Waals surface area contributed by atoms with Crippen molar-refractivity contribution in [2.24, 2.45) is 11.8 Å². The lowest BCUT2D eigenvalue weighted by Gasteiger charge is -2.22. The summed E-state index contributed by atoms with van der Waals surface area (Å²) in [6, 6.07) is 7.43. The highest BCUT2D eigenvalue weighted by molar-refractivity contribution is 6.33. The van der Waals surface area contributed by atoms with E-state index in [2.05, 4.69) is 25.9 Å². The lowest BCUT2D eigenvalue weighted by atomic mass is 10.0. The third-order valence-corrected chi connectivity index (χ3v) is 5.86. The maximum absolute atomic E-state index is 12.4. The first-order chi connectivity index (χ1) is 14.6. The van der Waals surface area contributed by atoms with Crippen LogP contribution in [0.4, 0.5) is 11.6 Å². The average molecular weight is 432 g/mol. The van der Waals surface area contributed by atoms with Crippen LogP contribution in [0, 0.1) is 11.8 Å². The molecule has 0 aliphatic carbocycles. The average Bonchev–Trinajstić information content (AvgIpc) is 3.20. The normalized spacial score (nSPS) is 22.1. The largest absolute Gasteiger partial charge is 0.391 e. The smallest absolute Gasteiger partial charge is 0.232 e. The molecule has 30 heavy (non-hydrogen) atoms. The minimum Gasteiger partial charge on any atom is -0.391 e. The molecule has 0 bridgehead atoms. The van der Waals surface area contributed by atoms with E-state index in [1.54, 1.807) is 6.07 Å². The van der Waals surface area contributed by atoms with Gasteiger partial charge in [-0.1, -0.05) is 17.7 Å². The summed E-state index contributed by atoms with van der Waals surface area (Å²) < 4.78 is 5.41. The molecule has 0 spiro atoms. The second-order valence-corrected chi connectivity index (χ2v) is 8.12. The molecule has 8 nitrogen and oxygen atoms in total. The van der Waals surface area contributed by atoms with E-state index in [-0.39, 0.29) is 5.91 Å². The van der Waals surface area contributed by atoms with Crippen LogP contribution in [0.1, 0.15) is 12.8 Å². The van der Waals surface area contributed by atoms with Crippen molar-refractivity contribution in [3.63, 3.8) is 0 Å². The van der Waals surface area contributed by atoms with Crippen molar-refractivity contribution in [2.45, 2.75) is 18.9 Å². The van der Waals surface area contributed by atoms with Crippen molar-refractivity contribution < 1.29 is 14.6 Å². The molecule has 0 saturated carbocycles. The van der Waals surface area contributed by atoms with Gasteiger partial charge in [-0.25, -0.2) is 9.97 Å². The number of ether oxygens (including phenoxy) is 1. The standard InChI is InChI=1S/C21H26ClN5O3/c22-16-11-25-20(27-21(29)15-10-23-12-18(15)28)8-14(16)17-2-1-3-19(26-17)24-9-13-4-6-30-7-5-13/h1-3,8,11,13,15,18,23,28H,4-7,9-10,12H2,(H,24,26)(H,25,27,29)/t15-,18+/m0/s1.